The molecule has 2 aliphatic rings. The van der Waals surface area contributed by atoms with Gasteiger partial charge in [0.25, 0.3) is 0 Å². The quantitative estimate of drug-likeness (QED) is 0.221. The standard InChI is InChI=1S/C36H45BrN4O7/c1-19-15-21(3)47-30(43)17-28(23-11-13-24(42)14-12-23)40-34(45)29(16-26-25-9-7-8-10-27(25)39-32(26)37)41(6)35(46)22(4)38-33(44)20(2)18-36(5)31(19)48-36/h7-14,19-22,28-29,31,39,42H,15-18H2,1-6H3,(H,38,44)(H,40,45)/t19-,20+,21-,22+,28-,29-,31?,36?/m1/s1. The van der Waals surface area contributed by atoms with Crippen LogP contribution in [0.4, 0.5) is 0 Å². The zero-order chi connectivity index (χ0) is 34.9. The summed E-state index contributed by atoms with van der Waals surface area (Å²) in [5, 5.41) is 16.7. The molecule has 0 bridgehead atoms. The Morgan fingerprint density at radius 2 is 1.67 bits per heavy atom. The van der Waals surface area contributed by atoms with Crippen LogP contribution in [0.2, 0.25) is 0 Å². The SMILES string of the molecule is C[C@@H]1C[C@@H](C)C2OC2(C)C[C@H](C)C(=O)N[C@@H](C)C(=O)N(C)[C@H](Cc2c(Br)[nH]c3ccccc23)C(=O)N[C@@H](c2ccc(O)cc2)CC(=O)O1. The smallest absolute Gasteiger partial charge is 0.308 e. The molecule has 258 valence electrons. The van der Waals surface area contributed by atoms with Crippen molar-refractivity contribution in [3.63, 3.8) is 0 Å². The number of phenols is 1. The number of esters is 1. The van der Waals surface area contributed by atoms with Crippen LogP contribution < -0.4 is 10.6 Å². The van der Waals surface area contributed by atoms with Crippen molar-refractivity contribution in [2.75, 3.05) is 7.05 Å². The molecule has 2 saturated heterocycles. The number of cyclic esters (lactones) is 1. The highest BCUT2D eigenvalue weighted by molar-refractivity contribution is 9.10. The molecule has 8 atom stereocenters. The zero-order valence-corrected chi connectivity index (χ0v) is 29.8. The van der Waals surface area contributed by atoms with Gasteiger partial charge >= 0.3 is 5.97 Å². The van der Waals surface area contributed by atoms with E-state index in [9.17, 15) is 24.3 Å². The highest BCUT2D eigenvalue weighted by atomic mass is 79.9. The summed E-state index contributed by atoms with van der Waals surface area (Å²) in [5.74, 6) is -2.05. The first kappa shape index (κ1) is 35.4. The molecule has 4 N–H and O–H groups in total. The third-order valence-electron chi connectivity index (χ3n) is 9.64. The molecule has 2 aliphatic heterocycles. The molecular weight excluding hydrogens is 680 g/mol. The number of para-hydroxylation sites is 1. The third-order valence-corrected chi connectivity index (χ3v) is 10.3. The van der Waals surface area contributed by atoms with Gasteiger partial charge in [-0.05, 0) is 84.8 Å². The number of halogens is 1. The maximum Gasteiger partial charge on any atom is 0.308 e. The van der Waals surface area contributed by atoms with Gasteiger partial charge in [0, 0.05) is 30.3 Å². The van der Waals surface area contributed by atoms with Crippen molar-refractivity contribution in [3.05, 3.63) is 64.3 Å². The highest BCUT2D eigenvalue weighted by Crippen LogP contribution is 2.47. The molecule has 2 unspecified atom stereocenters. The van der Waals surface area contributed by atoms with Crippen LogP contribution in [0, 0.1) is 11.8 Å². The van der Waals surface area contributed by atoms with Gasteiger partial charge < -0.3 is 35.1 Å². The van der Waals surface area contributed by atoms with Gasteiger partial charge in [-0.2, -0.15) is 0 Å². The van der Waals surface area contributed by atoms with Gasteiger partial charge in [0.15, 0.2) is 0 Å². The topological polar surface area (TPSA) is 153 Å². The van der Waals surface area contributed by atoms with Crippen LogP contribution in [-0.4, -0.2) is 75.6 Å². The van der Waals surface area contributed by atoms with Crippen LogP contribution in [0.25, 0.3) is 10.9 Å². The van der Waals surface area contributed by atoms with Crippen molar-refractivity contribution in [3.8, 4) is 5.75 Å². The summed E-state index contributed by atoms with van der Waals surface area (Å²) in [6.07, 6.45) is 0.464. The predicted octanol–water partition coefficient (Wildman–Crippen LogP) is 4.91. The molecule has 3 aromatic rings. The summed E-state index contributed by atoms with van der Waals surface area (Å²) >= 11 is 3.60. The Balaban J connectivity index is 1.50. The minimum Gasteiger partial charge on any atom is -0.508 e. The molecule has 0 aliphatic carbocycles. The van der Waals surface area contributed by atoms with Crippen molar-refractivity contribution >= 4 is 50.5 Å². The summed E-state index contributed by atoms with van der Waals surface area (Å²) in [7, 11) is 1.54. The van der Waals surface area contributed by atoms with E-state index in [0.29, 0.717) is 23.0 Å². The van der Waals surface area contributed by atoms with E-state index in [-0.39, 0.29) is 36.5 Å². The lowest BCUT2D eigenvalue weighted by Crippen LogP contribution is -2.55. The average molecular weight is 726 g/mol. The molecule has 0 saturated carbocycles. The maximum atomic E-state index is 14.3. The Morgan fingerprint density at radius 3 is 2.38 bits per heavy atom. The Morgan fingerprint density at radius 1 is 0.979 bits per heavy atom. The third kappa shape index (κ3) is 7.86. The number of epoxide rings is 1. The molecule has 2 fully saturated rings. The lowest BCUT2D eigenvalue weighted by molar-refractivity contribution is -0.150. The fraction of sp³-hybridized carbons (Fsp3) is 0.500. The van der Waals surface area contributed by atoms with Crippen molar-refractivity contribution < 1.29 is 33.8 Å². The van der Waals surface area contributed by atoms with Crippen LogP contribution in [0.1, 0.15) is 71.0 Å². The maximum absolute atomic E-state index is 14.3. The molecule has 1 aromatic heterocycles. The van der Waals surface area contributed by atoms with Crippen LogP contribution >= 0.6 is 15.9 Å². The fourth-order valence-electron chi connectivity index (χ4n) is 7.04. The van der Waals surface area contributed by atoms with Crippen molar-refractivity contribution in [1.82, 2.24) is 20.5 Å². The lowest BCUT2D eigenvalue weighted by atomic mass is 9.87. The number of aromatic nitrogens is 1. The van der Waals surface area contributed by atoms with Gasteiger partial charge in [0.1, 0.15) is 17.8 Å². The molecule has 3 amide bonds. The largest absolute Gasteiger partial charge is 0.508 e. The fourth-order valence-corrected chi connectivity index (χ4v) is 7.63. The number of benzene rings is 2. The summed E-state index contributed by atoms with van der Waals surface area (Å²) in [6.45, 7) is 9.27. The number of hydrogen-bond donors (Lipinski definition) is 4. The monoisotopic (exact) mass is 724 g/mol. The molecule has 5 rings (SSSR count). The molecule has 0 radical (unpaired) electrons. The van der Waals surface area contributed by atoms with Gasteiger partial charge in [-0.25, -0.2) is 0 Å². The zero-order valence-electron chi connectivity index (χ0n) is 28.2. The van der Waals surface area contributed by atoms with E-state index >= 15 is 0 Å². The molecule has 3 heterocycles. The summed E-state index contributed by atoms with van der Waals surface area (Å²) in [6, 6.07) is 11.1. The van der Waals surface area contributed by atoms with E-state index in [1.54, 1.807) is 26.1 Å². The Hall–Kier alpha value is -3.90. The minimum atomic E-state index is -1.03. The molecule has 0 spiro atoms. The van der Waals surface area contributed by atoms with Crippen LogP contribution in [0.5, 0.6) is 5.75 Å². The van der Waals surface area contributed by atoms with E-state index in [1.165, 1.54) is 17.0 Å². The number of aromatic hydroxyl groups is 1. The number of ether oxygens (including phenoxy) is 2. The number of phenolic OH excluding ortho intramolecular Hbond substituents is 1. The second-order valence-electron chi connectivity index (χ2n) is 13.7. The number of fused-ring (bicyclic) bond motifs is 2. The molecule has 2 aromatic carbocycles. The summed E-state index contributed by atoms with van der Waals surface area (Å²) in [5.41, 5.74) is 1.74. The average Bonchev–Trinajstić information content (AvgIpc) is 3.59. The number of H-pyrrole nitrogens is 1. The van der Waals surface area contributed by atoms with Gasteiger partial charge in [0.05, 0.1) is 34.9 Å². The van der Waals surface area contributed by atoms with Crippen molar-refractivity contribution in [1.29, 1.82) is 0 Å². The lowest BCUT2D eigenvalue weighted by Gasteiger charge is -2.32. The first-order valence-corrected chi connectivity index (χ1v) is 17.2. The van der Waals surface area contributed by atoms with Gasteiger partial charge in [-0.15, -0.1) is 0 Å². The number of carbonyl (C=O) groups is 4. The Labute approximate surface area is 289 Å². The number of aromatic amines is 1. The van der Waals surface area contributed by atoms with Crippen molar-refractivity contribution in [2.45, 2.75) is 96.2 Å². The number of nitrogens with zero attached hydrogens (tertiary/aromatic N) is 1. The first-order valence-electron chi connectivity index (χ1n) is 16.5. The first-order chi connectivity index (χ1) is 22.7. The second kappa shape index (κ2) is 14.3. The van der Waals surface area contributed by atoms with Crippen molar-refractivity contribution in [2.24, 2.45) is 11.8 Å². The van der Waals surface area contributed by atoms with E-state index in [1.807, 2.05) is 52.0 Å². The number of nitrogens with one attached hydrogen (secondary N) is 3. The number of amides is 3. The van der Waals surface area contributed by atoms with Gasteiger partial charge in [0.2, 0.25) is 17.7 Å². The number of likely N-dealkylation sites (N-methyl/N-ethyl adjacent to an activating group) is 1. The number of rotatable bonds is 3. The highest BCUT2D eigenvalue weighted by Gasteiger charge is 2.55. The van der Waals surface area contributed by atoms with E-state index in [4.69, 9.17) is 9.47 Å². The van der Waals surface area contributed by atoms with Crippen LogP contribution in [0.15, 0.2) is 53.1 Å². The minimum absolute atomic E-state index is 0.0402. The Kier molecular flexibility index (Phi) is 10.5. The summed E-state index contributed by atoms with van der Waals surface area (Å²) < 4.78 is 12.6. The van der Waals surface area contributed by atoms with E-state index in [0.717, 1.165) is 16.5 Å². The molecule has 48 heavy (non-hydrogen) atoms. The number of carbonyl (C=O) groups excluding carboxylic acids is 4. The molecule has 11 nitrogen and oxygen atoms in total. The number of hydrogen-bond acceptors (Lipinski definition) is 7. The van der Waals surface area contributed by atoms with Gasteiger partial charge in [-0.3, -0.25) is 19.2 Å². The summed E-state index contributed by atoms with van der Waals surface area (Å²) in [4.78, 5) is 59.5. The second-order valence-corrected chi connectivity index (χ2v) is 14.5. The van der Waals surface area contributed by atoms with E-state index in [2.05, 4.69) is 31.5 Å². The molecular formula is C36H45BrN4O7. The van der Waals surface area contributed by atoms with Gasteiger partial charge in [-0.1, -0.05) is 44.2 Å². The normalized spacial score (nSPS) is 31.1. The van der Waals surface area contributed by atoms with Crippen LogP contribution in [-0.2, 0) is 35.1 Å². The Bertz CT molecular complexity index is 1680. The van der Waals surface area contributed by atoms with E-state index < -0.39 is 53.5 Å². The predicted molar refractivity (Wildman–Crippen MR) is 184 cm³/mol. The molecule has 12 heteroatoms. The van der Waals surface area contributed by atoms with Crippen LogP contribution in [0.3, 0.4) is 0 Å².